The second-order valence-electron chi connectivity index (χ2n) is 15.2. The quantitative estimate of drug-likeness (QED) is 0.179. The summed E-state index contributed by atoms with van der Waals surface area (Å²) in [6.45, 7) is 0. The van der Waals surface area contributed by atoms with Crippen molar-refractivity contribution >= 4 is 87.2 Å². The van der Waals surface area contributed by atoms with E-state index in [0.717, 1.165) is 88.1 Å². The van der Waals surface area contributed by atoms with Crippen LogP contribution in [0, 0.1) is 0 Å². The Balaban J connectivity index is 1.13. The Labute approximate surface area is 336 Å². The summed E-state index contributed by atoms with van der Waals surface area (Å²) in [5.74, 6) is 1.68. The number of benzene rings is 9. The Hall–Kier alpha value is -8.09. The lowest BCUT2D eigenvalue weighted by molar-refractivity contribution is 0.668. The average molecular weight is 755 g/mol. The molecular formula is C53H30N4O2. The molecule has 0 saturated carbocycles. The van der Waals surface area contributed by atoms with Crippen molar-refractivity contribution in [3.63, 3.8) is 0 Å². The highest BCUT2D eigenvalue weighted by Gasteiger charge is 2.23. The van der Waals surface area contributed by atoms with Gasteiger partial charge < -0.3 is 13.4 Å². The van der Waals surface area contributed by atoms with Crippen molar-refractivity contribution in [1.29, 1.82) is 0 Å². The van der Waals surface area contributed by atoms with Crippen LogP contribution < -0.4 is 0 Å². The summed E-state index contributed by atoms with van der Waals surface area (Å²) in [6.07, 6.45) is 0. The van der Waals surface area contributed by atoms with E-state index in [1.54, 1.807) is 0 Å². The van der Waals surface area contributed by atoms with Gasteiger partial charge in [-0.15, -0.1) is 0 Å². The van der Waals surface area contributed by atoms with Gasteiger partial charge in [-0.05, 0) is 76.1 Å². The van der Waals surface area contributed by atoms with Gasteiger partial charge >= 0.3 is 0 Å². The lowest BCUT2D eigenvalue weighted by atomic mass is 10.0. The maximum atomic E-state index is 6.72. The summed E-state index contributed by atoms with van der Waals surface area (Å²) in [5.41, 5.74) is 8.96. The summed E-state index contributed by atoms with van der Waals surface area (Å²) in [4.78, 5) is 15.9. The molecular weight excluding hydrogens is 725 g/mol. The zero-order chi connectivity index (χ0) is 38.6. The van der Waals surface area contributed by atoms with Gasteiger partial charge in [0.1, 0.15) is 22.3 Å². The predicted molar refractivity (Wildman–Crippen MR) is 240 cm³/mol. The normalized spacial score (nSPS) is 12.1. The molecule has 6 nitrogen and oxygen atoms in total. The van der Waals surface area contributed by atoms with Gasteiger partial charge in [0.25, 0.3) is 0 Å². The smallest absolute Gasteiger partial charge is 0.164 e. The van der Waals surface area contributed by atoms with Crippen molar-refractivity contribution in [2.45, 2.75) is 0 Å². The predicted octanol–water partition coefficient (Wildman–Crippen LogP) is 14.1. The van der Waals surface area contributed by atoms with E-state index in [2.05, 4.69) is 144 Å². The number of fused-ring (bicyclic) bond motifs is 11. The Kier molecular flexibility index (Phi) is 6.63. The minimum atomic E-state index is 0.540. The van der Waals surface area contributed by atoms with Crippen LogP contribution in [0.15, 0.2) is 191 Å². The van der Waals surface area contributed by atoms with Crippen molar-refractivity contribution < 1.29 is 8.83 Å². The molecule has 13 rings (SSSR count). The lowest BCUT2D eigenvalue weighted by Gasteiger charge is -2.14. The first kappa shape index (κ1) is 32.0. The summed E-state index contributed by atoms with van der Waals surface area (Å²) in [7, 11) is 0. The standard InChI is InChI=1S/C53H30N4O2/c1-2-13-32-26-35(25-24-31(32)12-1)51-54-52(56-53(55-51)40-19-11-23-47-49(40)38-17-6-9-21-45(38)58-47)36-29-44(50-39-18-7-10-22-46(39)59-48(50)30-36)57-42-20-8-5-16-37(42)41-27-33-14-3-4-15-34(33)28-43(41)57/h1-30H. The Bertz CT molecular complexity index is 3870. The molecule has 4 aromatic heterocycles. The van der Waals surface area contributed by atoms with Gasteiger partial charge in [-0.25, -0.2) is 15.0 Å². The van der Waals surface area contributed by atoms with Crippen molar-refractivity contribution in [1.82, 2.24) is 19.5 Å². The molecule has 0 spiro atoms. The van der Waals surface area contributed by atoms with E-state index in [9.17, 15) is 0 Å². The van der Waals surface area contributed by atoms with Gasteiger partial charge in [0.15, 0.2) is 17.5 Å². The highest BCUT2D eigenvalue weighted by molar-refractivity contribution is 6.17. The molecule has 0 bridgehead atoms. The molecule has 0 fully saturated rings. The topological polar surface area (TPSA) is 69.9 Å². The minimum absolute atomic E-state index is 0.540. The number of furan rings is 2. The third-order valence-corrected chi connectivity index (χ3v) is 11.8. The summed E-state index contributed by atoms with van der Waals surface area (Å²) in [6, 6.07) is 63.3. The van der Waals surface area contributed by atoms with Gasteiger partial charge in [-0.1, -0.05) is 127 Å². The number of rotatable bonds is 4. The van der Waals surface area contributed by atoms with Gasteiger partial charge in [-0.3, -0.25) is 0 Å². The fourth-order valence-electron chi connectivity index (χ4n) is 9.10. The van der Waals surface area contributed by atoms with E-state index in [0.29, 0.717) is 17.5 Å². The van der Waals surface area contributed by atoms with Crippen molar-refractivity contribution in [3.05, 3.63) is 182 Å². The zero-order valence-corrected chi connectivity index (χ0v) is 31.4. The maximum Gasteiger partial charge on any atom is 0.164 e. The van der Waals surface area contributed by atoms with Crippen LogP contribution in [-0.2, 0) is 0 Å². The molecule has 0 aliphatic rings. The highest BCUT2D eigenvalue weighted by atomic mass is 16.3. The molecule has 59 heavy (non-hydrogen) atoms. The van der Waals surface area contributed by atoms with Crippen LogP contribution >= 0.6 is 0 Å². The first-order chi connectivity index (χ1) is 29.2. The van der Waals surface area contributed by atoms with Crippen LogP contribution in [0.2, 0.25) is 0 Å². The largest absolute Gasteiger partial charge is 0.456 e. The minimum Gasteiger partial charge on any atom is -0.456 e. The molecule has 0 radical (unpaired) electrons. The van der Waals surface area contributed by atoms with Gasteiger partial charge in [0, 0.05) is 43.6 Å². The van der Waals surface area contributed by atoms with Gasteiger partial charge in [0.2, 0.25) is 0 Å². The van der Waals surface area contributed by atoms with Crippen LogP contribution in [0.3, 0.4) is 0 Å². The van der Waals surface area contributed by atoms with E-state index in [-0.39, 0.29) is 0 Å². The Morgan fingerprint density at radius 1 is 0.339 bits per heavy atom. The van der Waals surface area contributed by atoms with E-state index in [1.807, 2.05) is 42.5 Å². The van der Waals surface area contributed by atoms with Crippen LogP contribution in [0.1, 0.15) is 0 Å². The summed E-state index contributed by atoms with van der Waals surface area (Å²) >= 11 is 0. The molecule has 0 N–H and O–H groups in total. The first-order valence-electron chi connectivity index (χ1n) is 19.8. The van der Waals surface area contributed by atoms with Crippen molar-refractivity contribution in [2.24, 2.45) is 0 Å². The van der Waals surface area contributed by atoms with E-state index >= 15 is 0 Å². The van der Waals surface area contributed by atoms with Crippen molar-refractivity contribution in [2.75, 3.05) is 0 Å². The summed E-state index contributed by atoms with van der Waals surface area (Å²) < 4.78 is 15.4. The van der Waals surface area contributed by atoms with Crippen LogP contribution in [0.4, 0.5) is 0 Å². The number of nitrogens with zero attached hydrogens (tertiary/aromatic N) is 4. The SMILES string of the molecule is c1ccc2cc(-c3nc(-c4cc(-n5c6ccccc6c6cc7ccccc7cc65)c5c(c4)oc4ccccc45)nc(-c4cccc5oc6ccccc6c45)n3)ccc2c1. The van der Waals surface area contributed by atoms with Gasteiger partial charge in [-0.2, -0.15) is 0 Å². The molecule has 9 aromatic carbocycles. The second kappa shape index (κ2) is 12.2. The third-order valence-electron chi connectivity index (χ3n) is 11.8. The number of para-hydroxylation sites is 3. The second-order valence-corrected chi connectivity index (χ2v) is 15.2. The monoisotopic (exact) mass is 754 g/mol. The van der Waals surface area contributed by atoms with Crippen LogP contribution in [0.25, 0.3) is 127 Å². The zero-order valence-electron chi connectivity index (χ0n) is 31.4. The number of aromatic nitrogens is 4. The molecule has 0 atom stereocenters. The molecule has 274 valence electrons. The Morgan fingerprint density at radius 3 is 1.73 bits per heavy atom. The van der Waals surface area contributed by atoms with E-state index in [1.165, 1.54) is 21.5 Å². The molecule has 4 heterocycles. The van der Waals surface area contributed by atoms with Crippen molar-refractivity contribution in [3.8, 4) is 39.9 Å². The fraction of sp³-hybridized carbons (Fsp3) is 0. The van der Waals surface area contributed by atoms with E-state index < -0.39 is 0 Å². The molecule has 0 aliphatic heterocycles. The lowest BCUT2D eigenvalue weighted by Crippen LogP contribution is -2.02. The fourth-order valence-corrected chi connectivity index (χ4v) is 9.10. The van der Waals surface area contributed by atoms with Crippen LogP contribution in [0.5, 0.6) is 0 Å². The molecule has 6 heteroatoms. The number of hydrogen-bond donors (Lipinski definition) is 0. The molecule has 0 saturated heterocycles. The Morgan fingerprint density at radius 2 is 0.932 bits per heavy atom. The third kappa shape index (κ3) is 4.84. The van der Waals surface area contributed by atoms with E-state index in [4.69, 9.17) is 23.8 Å². The highest BCUT2D eigenvalue weighted by Crippen LogP contribution is 2.43. The van der Waals surface area contributed by atoms with Gasteiger partial charge in [0.05, 0.1) is 22.1 Å². The average Bonchev–Trinajstić information content (AvgIpc) is 3.97. The number of hydrogen-bond acceptors (Lipinski definition) is 5. The molecule has 0 unspecified atom stereocenters. The molecule has 0 amide bonds. The molecule has 0 aliphatic carbocycles. The summed E-state index contributed by atoms with van der Waals surface area (Å²) in [5, 5.41) is 11.1. The first-order valence-corrected chi connectivity index (χ1v) is 19.8. The molecule has 13 aromatic rings. The van der Waals surface area contributed by atoms with Crippen LogP contribution in [-0.4, -0.2) is 19.5 Å². The maximum absolute atomic E-state index is 6.72.